The standard InChI is InChI=1S/C18H18N2O2S/c1-12-7-13(2)9-15(8-12)17-19-20-18(22-17)23-11-14-5-4-6-16(10-14)21-3/h4-10H,11H2,1-3H3. The van der Waals surface area contributed by atoms with Gasteiger partial charge in [0.05, 0.1) is 7.11 Å². The lowest BCUT2D eigenvalue weighted by Gasteiger charge is -2.02. The van der Waals surface area contributed by atoms with Gasteiger partial charge in [0.15, 0.2) is 0 Å². The Hall–Kier alpha value is -2.27. The van der Waals surface area contributed by atoms with Crippen molar-refractivity contribution in [2.45, 2.75) is 24.8 Å². The Bertz CT molecular complexity index is 794. The molecule has 0 radical (unpaired) electrons. The third-order valence-electron chi connectivity index (χ3n) is 3.37. The quantitative estimate of drug-likeness (QED) is 0.638. The molecule has 23 heavy (non-hydrogen) atoms. The second kappa shape index (κ2) is 6.87. The van der Waals surface area contributed by atoms with Gasteiger partial charge in [-0.3, -0.25) is 0 Å². The summed E-state index contributed by atoms with van der Waals surface area (Å²) in [7, 11) is 1.67. The Morgan fingerprint density at radius 1 is 1.04 bits per heavy atom. The average Bonchev–Trinajstić information content (AvgIpc) is 3.01. The highest BCUT2D eigenvalue weighted by molar-refractivity contribution is 7.98. The number of rotatable bonds is 5. The molecular weight excluding hydrogens is 308 g/mol. The lowest BCUT2D eigenvalue weighted by molar-refractivity contribution is 0.414. The predicted molar refractivity (Wildman–Crippen MR) is 91.8 cm³/mol. The van der Waals surface area contributed by atoms with Crippen LogP contribution in [-0.2, 0) is 5.75 Å². The summed E-state index contributed by atoms with van der Waals surface area (Å²) in [4.78, 5) is 0. The zero-order chi connectivity index (χ0) is 16.2. The molecule has 1 heterocycles. The van der Waals surface area contributed by atoms with Crippen LogP contribution in [0.3, 0.4) is 0 Å². The first-order chi connectivity index (χ1) is 11.1. The van der Waals surface area contributed by atoms with Gasteiger partial charge in [-0.1, -0.05) is 41.1 Å². The first kappa shape index (κ1) is 15.6. The maximum atomic E-state index is 5.77. The van der Waals surface area contributed by atoms with E-state index >= 15 is 0 Å². The van der Waals surface area contributed by atoms with Crippen LogP contribution < -0.4 is 4.74 Å². The van der Waals surface area contributed by atoms with E-state index in [1.807, 2.05) is 18.2 Å². The summed E-state index contributed by atoms with van der Waals surface area (Å²) in [5.74, 6) is 2.17. The fourth-order valence-electron chi connectivity index (χ4n) is 2.39. The van der Waals surface area contributed by atoms with Gasteiger partial charge >= 0.3 is 0 Å². The van der Waals surface area contributed by atoms with E-state index < -0.39 is 0 Å². The zero-order valence-electron chi connectivity index (χ0n) is 13.4. The monoisotopic (exact) mass is 326 g/mol. The van der Waals surface area contributed by atoms with Gasteiger partial charge in [0.2, 0.25) is 5.89 Å². The van der Waals surface area contributed by atoms with Crippen LogP contribution in [0.4, 0.5) is 0 Å². The number of nitrogens with zero attached hydrogens (tertiary/aromatic N) is 2. The SMILES string of the molecule is COc1cccc(CSc2nnc(-c3cc(C)cc(C)c3)o2)c1. The molecule has 0 fully saturated rings. The molecule has 4 nitrogen and oxygen atoms in total. The van der Waals surface area contributed by atoms with Crippen molar-refractivity contribution in [2.24, 2.45) is 0 Å². The van der Waals surface area contributed by atoms with Crippen LogP contribution in [0, 0.1) is 13.8 Å². The summed E-state index contributed by atoms with van der Waals surface area (Å²) < 4.78 is 11.0. The molecule has 3 rings (SSSR count). The lowest BCUT2D eigenvalue weighted by atomic mass is 10.1. The molecule has 0 spiro atoms. The molecule has 0 saturated carbocycles. The Labute approximate surface area is 139 Å². The van der Waals surface area contributed by atoms with Gasteiger partial charge in [-0.15, -0.1) is 10.2 Å². The van der Waals surface area contributed by atoms with E-state index in [-0.39, 0.29) is 0 Å². The number of hydrogen-bond donors (Lipinski definition) is 0. The number of benzene rings is 2. The van der Waals surface area contributed by atoms with E-state index in [9.17, 15) is 0 Å². The topological polar surface area (TPSA) is 48.2 Å². The first-order valence-corrected chi connectivity index (χ1v) is 8.30. The molecular formula is C18H18N2O2S. The normalized spacial score (nSPS) is 10.7. The van der Waals surface area contributed by atoms with E-state index in [4.69, 9.17) is 9.15 Å². The summed E-state index contributed by atoms with van der Waals surface area (Å²) in [5, 5.41) is 8.85. The third kappa shape index (κ3) is 3.93. The van der Waals surface area contributed by atoms with Crippen molar-refractivity contribution in [3.63, 3.8) is 0 Å². The van der Waals surface area contributed by atoms with E-state index in [0.29, 0.717) is 11.1 Å². The summed E-state index contributed by atoms with van der Waals surface area (Å²) in [6.45, 7) is 4.12. The van der Waals surface area contributed by atoms with Crippen molar-refractivity contribution < 1.29 is 9.15 Å². The Balaban J connectivity index is 1.72. The summed E-state index contributed by atoms with van der Waals surface area (Å²) in [5.41, 5.74) is 4.48. The van der Waals surface area contributed by atoms with Gasteiger partial charge in [-0.05, 0) is 43.7 Å². The van der Waals surface area contributed by atoms with Crippen molar-refractivity contribution in [2.75, 3.05) is 7.11 Å². The maximum Gasteiger partial charge on any atom is 0.277 e. The number of aryl methyl sites for hydroxylation is 2. The summed E-state index contributed by atoms with van der Waals surface area (Å²) in [6, 6.07) is 14.2. The van der Waals surface area contributed by atoms with Gasteiger partial charge in [0, 0.05) is 11.3 Å². The number of ether oxygens (including phenoxy) is 1. The van der Waals surface area contributed by atoms with Gasteiger partial charge in [0.1, 0.15) is 5.75 Å². The van der Waals surface area contributed by atoms with E-state index in [2.05, 4.69) is 48.3 Å². The van der Waals surface area contributed by atoms with Gasteiger partial charge in [-0.2, -0.15) is 0 Å². The third-order valence-corrected chi connectivity index (χ3v) is 4.26. The maximum absolute atomic E-state index is 5.77. The van der Waals surface area contributed by atoms with E-state index in [0.717, 1.165) is 22.6 Å². The number of hydrogen-bond acceptors (Lipinski definition) is 5. The molecule has 0 aliphatic heterocycles. The van der Waals surface area contributed by atoms with E-state index in [1.54, 1.807) is 7.11 Å². The lowest BCUT2D eigenvalue weighted by Crippen LogP contribution is -1.85. The van der Waals surface area contributed by atoms with Crippen molar-refractivity contribution >= 4 is 11.8 Å². The van der Waals surface area contributed by atoms with E-state index in [1.165, 1.54) is 22.9 Å². The molecule has 3 aromatic rings. The minimum Gasteiger partial charge on any atom is -0.497 e. The van der Waals surface area contributed by atoms with Crippen LogP contribution >= 0.6 is 11.8 Å². The Kier molecular flexibility index (Phi) is 4.67. The number of aromatic nitrogens is 2. The molecule has 0 bridgehead atoms. The van der Waals surface area contributed by atoms with Crippen LogP contribution in [-0.4, -0.2) is 17.3 Å². The van der Waals surface area contributed by atoms with Gasteiger partial charge < -0.3 is 9.15 Å². The second-order valence-electron chi connectivity index (χ2n) is 5.39. The summed E-state index contributed by atoms with van der Waals surface area (Å²) >= 11 is 1.52. The highest BCUT2D eigenvalue weighted by atomic mass is 32.2. The van der Waals surface area contributed by atoms with Crippen molar-refractivity contribution in [1.82, 2.24) is 10.2 Å². The molecule has 0 N–H and O–H groups in total. The van der Waals surface area contributed by atoms with Crippen molar-refractivity contribution in [3.05, 3.63) is 59.2 Å². The van der Waals surface area contributed by atoms with Crippen molar-refractivity contribution in [3.8, 4) is 17.2 Å². The minimum absolute atomic E-state index is 0.560. The molecule has 0 atom stereocenters. The first-order valence-electron chi connectivity index (χ1n) is 7.32. The van der Waals surface area contributed by atoms with Crippen LogP contribution in [0.5, 0.6) is 5.75 Å². The second-order valence-corrected chi connectivity index (χ2v) is 6.32. The molecule has 118 valence electrons. The summed E-state index contributed by atoms with van der Waals surface area (Å²) in [6.07, 6.45) is 0. The zero-order valence-corrected chi connectivity index (χ0v) is 14.2. The van der Waals surface area contributed by atoms with Crippen LogP contribution in [0.2, 0.25) is 0 Å². The van der Waals surface area contributed by atoms with Crippen LogP contribution in [0.25, 0.3) is 11.5 Å². The molecule has 1 aromatic heterocycles. The molecule has 0 aliphatic rings. The Morgan fingerprint density at radius 3 is 2.57 bits per heavy atom. The smallest absolute Gasteiger partial charge is 0.277 e. The fourth-order valence-corrected chi connectivity index (χ4v) is 3.10. The average molecular weight is 326 g/mol. The fraction of sp³-hybridized carbons (Fsp3) is 0.222. The van der Waals surface area contributed by atoms with Crippen LogP contribution in [0.15, 0.2) is 52.1 Å². The van der Waals surface area contributed by atoms with Crippen LogP contribution in [0.1, 0.15) is 16.7 Å². The molecule has 5 heteroatoms. The molecule has 2 aromatic carbocycles. The van der Waals surface area contributed by atoms with Gasteiger partial charge in [-0.25, -0.2) is 0 Å². The molecule has 0 amide bonds. The predicted octanol–water partition coefficient (Wildman–Crippen LogP) is 4.65. The molecule has 0 saturated heterocycles. The minimum atomic E-state index is 0.560. The number of thioether (sulfide) groups is 1. The molecule has 0 aliphatic carbocycles. The Morgan fingerprint density at radius 2 is 1.83 bits per heavy atom. The highest BCUT2D eigenvalue weighted by Gasteiger charge is 2.10. The van der Waals surface area contributed by atoms with Gasteiger partial charge in [0.25, 0.3) is 5.22 Å². The van der Waals surface area contributed by atoms with Crippen molar-refractivity contribution in [1.29, 1.82) is 0 Å². The highest BCUT2D eigenvalue weighted by Crippen LogP contribution is 2.27. The largest absolute Gasteiger partial charge is 0.497 e. The molecule has 0 unspecified atom stereocenters. The number of methoxy groups -OCH3 is 1.